The average molecular weight is 148 g/mol. The number of pyridine rings is 1. The summed E-state index contributed by atoms with van der Waals surface area (Å²) in [6.07, 6.45) is 3.30. The smallest absolute Gasteiger partial charge is 0.120 e. The van der Waals surface area contributed by atoms with Crippen LogP contribution in [0.25, 0.3) is 5.76 Å². The standard InChI is InChI=1S/C9H10NO/c1-3-11-8(2)9-5-4-6-10-7-9/h5-7H,2-3H2,1H3. The van der Waals surface area contributed by atoms with Crippen LogP contribution in [-0.4, -0.2) is 11.6 Å². The Morgan fingerprint density at radius 3 is 3.18 bits per heavy atom. The SMILES string of the molecule is C=C(OCC)c1c[c]cnc1. The van der Waals surface area contributed by atoms with E-state index in [0.29, 0.717) is 12.4 Å². The Labute approximate surface area is 66.5 Å². The van der Waals surface area contributed by atoms with E-state index in [1.54, 1.807) is 18.5 Å². The van der Waals surface area contributed by atoms with E-state index in [-0.39, 0.29) is 0 Å². The fraction of sp³-hybridized carbons (Fsp3) is 0.222. The lowest BCUT2D eigenvalue weighted by atomic mass is 10.2. The van der Waals surface area contributed by atoms with Gasteiger partial charge in [-0.25, -0.2) is 0 Å². The molecule has 0 fully saturated rings. The molecule has 0 saturated carbocycles. The third kappa shape index (κ3) is 2.08. The molecule has 57 valence electrons. The third-order valence-electron chi connectivity index (χ3n) is 1.24. The highest BCUT2D eigenvalue weighted by Gasteiger charge is 1.96. The lowest BCUT2D eigenvalue weighted by molar-refractivity contribution is 0.299. The average Bonchev–Trinajstić information content (AvgIpc) is 2.07. The highest BCUT2D eigenvalue weighted by molar-refractivity contribution is 5.55. The number of hydrogen-bond donors (Lipinski definition) is 0. The minimum atomic E-state index is 0.633. The van der Waals surface area contributed by atoms with Gasteiger partial charge in [0.15, 0.2) is 0 Å². The Hall–Kier alpha value is -1.31. The molecule has 0 atom stereocenters. The van der Waals surface area contributed by atoms with E-state index in [4.69, 9.17) is 4.74 Å². The van der Waals surface area contributed by atoms with Gasteiger partial charge in [-0.1, -0.05) is 6.58 Å². The van der Waals surface area contributed by atoms with Crippen LogP contribution in [0.15, 0.2) is 25.0 Å². The van der Waals surface area contributed by atoms with Crippen molar-refractivity contribution >= 4 is 5.76 Å². The van der Waals surface area contributed by atoms with Crippen LogP contribution in [0.4, 0.5) is 0 Å². The Morgan fingerprint density at radius 2 is 2.64 bits per heavy atom. The van der Waals surface area contributed by atoms with Gasteiger partial charge in [0.25, 0.3) is 0 Å². The normalized spacial score (nSPS) is 9.18. The Bertz CT molecular complexity index is 231. The molecular weight excluding hydrogens is 138 g/mol. The van der Waals surface area contributed by atoms with Crippen molar-refractivity contribution < 1.29 is 4.74 Å². The molecule has 2 nitrogen and oxygen atoms in total. The molecule has 1 aromatic heterocycles. The summed E-state index contributed by atoms with van der Waals surface area (Å²) in [5, 5.41) is 0. The van der Waals surface area contributed by atoms with Crippen LogP contribution < -0.4 is 0 Å². The fourth-order valence-corrected chi connectivity index (χ4v) is 0.735. The van der Waals surface area contributed by atoms with Gasteiger partial charge in [-0.3, -0.25) is 4.98 Å². The van der Waals surface area contributed by atoms with Crippen molar-refractivity contribution in [2.45, 2.75) is 6.92 Å². The van der Waals surface area contributed by atoms with E-state index in [0.717, 1.165) is 5.56 Å². The number of nitrogens with zero attached hydrogens (tertiary/aromatic N) is 1. The molecule has 0 aliphatic heterocycles. The quantitative estimate of drug-likeness (QED) is 0.610. The molecule has 2 heteroatoms. The monoisotopic (exact) mass is 148 g/mol. The first-order valence-corrected chi connectivity index (χ1v) is 3.47. The summed E-state index contributed by atoms with van der Waals surface area (Å²) in [6.45, 7) is 6.29. The molecular formula is C9H10NO. The number of hydrogen-bond acceptors (Lipinski definition) is 2. The van der Waals surface area contributed by atoms with Gasteiger partial charge in [0.05, 0.1) is 6.61 Å². The van der Waals surface area contributed by atoms with E-state index in [2.05, 4.69) is 17.6 Å². The zero-order valence-corrected chi connectivity index (χ0v) is 6.50. The van der Waals surface area contributed by atoms with Crippen LogP contribution >= 0.6 is 0 Å². The van der Waals surface area contributed by atoms with Crippen molar-refractivity contribution in [3.8, 4) is 0 Å². The summed E-state index contributed by atoms with van der Waals surface area (Å²) in [6, 6.07) is 4.64. The summed E-state index contributed by atoms with van der Waals surface area (Å²) in [5.74, 6) is 0.650. The van der Waals surface area contributed by atoms with Crippen molar-refractivity contribution in [3.05, 3.63) is 36.7 Å². The van der Waals surface area contributed by atoms with Gasteiger partial charge in [-0.15, -0.1) is 0 Å². The molecule has 1 rings (SSSR count). The number of ether oxygens (including phenoxy) is 1. The fourth-order valence-electron chi connectivity index (χ4n) is 0.735. The minimum Gasteiger partial charge on any atom is -0.494 e. The second-order valence-electron chi connectivity index (χ2n) is 2.03. The predicted octanol–water partition coefficient (Wildman–Crippen LogP) is 1.89. The second-order valence-corrected chi connectivity index (χ2v) is 2.03. The maximum absolute atomic E-state index is 5.17. The first-order valence-electron chi connectivity index (χ1n) is 3.47. The molecule has 0 amide bonds. The zero-order valence-electron chi connectivity index (χ0n) is 6.50. The highest BCUT2D eigenvalue weighted by Crippen LogP contribution is 2.10. The summed E-state index contributed by atoms with van der Waals surface area (Å²) in [5.41, 5.74) is 0.884. The molecule has 1 aromatic rings. The molecule has 0 N–H and O–H groups in total. The van der Waals surface area contributed by atoms with Crippen LogP contribution in [-0.2, 0) is 4.74 Å². The maximum atomic E-state index is 5.17. The summed E-state index contributed by atoms with van der Waals surface area (Å²) in [4.78, 5) is 3.89. The van der Waals surface area contributed by atoms with Gasteiger partial charge in [0, 0.05) is 24.0 Å². The van der Waals surface area contributed by atoms with E-state index >= 15 is 0 Å². The van der Waals surface area contributed by atoms with Gasteiger partial charge in [0.2, 0.25) is 0 Å². The molecule has 0 unspecified atom stereocenters. The second kappa shape index (κ2) is 3.76. The first kappa shape index (κ1) is 7.79. The topological polar surface area (TPSA) is 22.1 Å². The van der Waals surface area contributed by atoms with Crippen molar-refractivity contribution in [2.75, 3.05) is 6.61 Å². The molecule has 1 radical (unpaired) electrons. The summed E-state index contributed by atoms with van der Waals surface area (Å²) in [7, 11) is 0. The van der Waals surface area contributed by atoms with Gasteiger partial charge in [-0.2, -0.15) is 0 Å². The molecule has 0 aromatic carbocycles. The first-order chi connectivity index (χ1) is 5.34. The van der Waals surface area contributed by atoms with Gasteiger partial charge in [0.1, 0.15) is 5.76 Å². The minimum absolute atomic E-state index is 0.633. The lowest BCUT2D eigenvalue weighted by Crippen LogP contribution is -1.89. The molecule has 0 aliphatic rings. The predicted molar refractivity (Wildman–Crippen MR) is 43.7 cm³/mol. The van der Waals surface area contributed by atoms with Gasteiger partial charge >= 0.3 is 0 Å². The van der Waals surface area contributed by atoms with Crippen molar-refractivity contribution in [1.82, 2.24) is 4.98 Å². The van der Waals surface area contributed by atoms with E-state index in [1.165, 1.54) is 0 Å². The third-order valence-corrected chi connectivity index (χ3v) is 1.24. The maximum Gasteiger partial charge on any atom is 0.120 e. The van der Waals surface area contributed by atoms with E-state index < -0.39 is 0 Å². The molecule has 0 bridgehead atoms. The molecule has 1 heterocycles. The highest BCUT2D eigenvalue weighted by atomic mass is 16.5. The summed E-state index contributed by atoms with van der Waals surface area (Å²) < 4.78 is 5.17. The van der Waals surface area contributed by atoms with Crippen molar-refractivity contribution in [1.29, 1.82) is 0 Å². The Morgan fingerprint density at radius 1 is 1.82 bits per heavy atom. The van der Waals surface area contributed by atoms with Crippen LogP contribution in [0.1, 0.15) is 12.5 Å². The molecule has 11 heavy (non-hydrogen) atoms. The molecule has 0 aliphatic carbocycles. The van der Waals surface area contributed by atoms with Crippen LogP contribution in [0.3, 0.4) is 0 Å². The van der Waals surface area contributed by atoms with Crippen LogP contribution in [0.5, 0.6) is 0 Å². The van der Waals surface area contributed by atoms with E-state index in [1.807, 2.05) is 6.92 Å². The van der Waals surface area contributed by atoms with Crippen LogP contribution in [0, 0.1) is 6.07 Å². The zero-order chi connectivity index (χ0) is 8.10. The Kier molecular flexibility index (Phi) is 2.66. The largest absolute Gasteiger partial charge is 0.494 e. The lowest BCUT2D eigenvalue weighted by Gasteiger charge is -2.04. The van der Waals surface area contributed by atoms with Gasteiger partial charge in [-0.05, 0) is 13.0 Å². The molecule has 0 spiro atoms. The van der Waals surface area contributed by atoms with E-state index in [9.17, 15) is 0 Å². The Balaban J connectivity index is 2.69. The van der Waals surface area contributed by atoms with Crippen molar-refractivity contribution in [2.24, 2.45) is 0 Å². The number of rotatable bonds is 3. The van der Waals surface area contributed by atoms with Crippen molar-refractivity contribution in [3.63, 3.8) is 0 Å². The molecule has 0 saturated heterocycles. The number of aromatic nitrogens is 1. The summed E-state index contributed by atoms with van der Waals surface area (Å²) >= 11 is 0. The van der Waals surface area contributed by atoms with Gasteiger partial charge < -0.3 is 4.74 Å². The van der Waals surface area contributed by atoms with Crippen LogP contribution in [0.2, 0.25) is 0 Å².